The maximum atomic E-state index is 17.3. The Bertz CT molecular complexity index is 2360. The summed E-state index contributed by atoms with van der Waals surface area (Å²) in [6.45, 7) is 6.70. The number of aromatic hydroxyl groups is 1. The van der Waals surface area contributed by atoms with Gasteiger partial charge in [0.1, 0.15) is 35.2 Å². The lowest BCUT2D eigenvalue weighted by Gasteiger charge is -2.43. The van der Waals surface area contributed by atoms with E-state index in [-0.39, 0.29) is 51.1 Å². The summed E-state index contributed by atoms with van der Waals surface area (Å²) < 4.78 is 49.5. The highest BCUT2D eigenvalue weighted by Gasteiger charge is 2.45. The molecule has 4 aliphatic heterocycles. The highest BCUT2D eigenvalue weighted by molar-refractivity contribution is 6.03. The van der Waals surface area contributed by atoms with Crippen molar-refractivity contribution in [3.8, 4) is 35.4 Å². The van der Waals surface area contributed by atoms with Crippen LogP contribution in [0.3, 0.4) is 0 Å². The molecule has 0 bridgehead atoms. The Morgan fingerprint density at radius 3 is 2.64 bits per heavy atom. The normalized spacial score (nSPS) is 20.0. The predicted octanol–water partition coefficient (Wildman–Crippen LogP) is 5.95. The van der Waals surface area contributed by atoms with Crippen LogP contribution in [0.4, 0.5) is 14.6 Å². The van der Waals surface area contributed by atoms with E-state index in [1.54, 1.807) is 0 Å². The number of hydrogen-bond donors (Lipinski definition) is 1. The molecule has 3 saturated heterocycles. The average molecular weight is 723 g/mol. The van der Waals surface area contributed by atoms with Gasteiger partial charge < -0.3 is 23.6 Å². The van der Waals surface area contributed by atoms with Crippen molar-refractivity contribution >= 4 is 27.5 Å². The van der Waals surface area contributed by atoms with Crippen LogP contribution < -0.4 is 15.5 Å². The lowest BCUT2D eigenvalue weighted by molar-refractivity contribution is 0.107. The molecule has 3 fully saturated rings. The van der Waals surface area contributed by atoms with E-state index in [1.165, 1.54) is 24.3 Å². The van der Waals surface area contributed by atoms with E-state index in [1.807, 2.05) is 6.92 Å². The lowest BCUT2D eigenvalue weighted by atomic mass is 9.94. The third-order valence-electron chi connectivity index (χ3n) is 11.8. The molecule has 0 amide bonds. The van der Waals surface area contributed by atoms with E-state index >= 15 is 8.78 Å². The Kier molecular flexibility index (Phi) is 8.35. The fourth-order valence-corrected chi connectivity index (χ4v) is 9.27. The molecule has 11 nitrogen and oxygen atoms in total. The standard InChI is InChI=1S/C40H40F2N6O5/c1-3-26-28(41)11-10-23-18-25(49)19-27(32(23)26)35-34(42)36-33-29(43-35)9-5-8-24-20-46(21-31-30(4-2)52-39(50)53-31)16-17-48(24)37(33)45-38(44-36)51-22-40-12-6-14-47(40)15-7-13-40/h1,10-11,18-19,24,49H,4-9,12-17,20-22H2,2H3. The first kappa shape index (κ1) is 33.8. The molecule has 0 spiro atoms. The van der Waals surface area contributed by atoms with Gasteiger partial charge in [-0.1, -0.05) is 18.9 Å². The molecule has 1 N–H and O–H groups in total. The minimum Gasteiger partial charge on any atom is -0.508 e. The van der Waals surface area contributed by atoms with Gasteiger partial charge in [-0.25, -0.2) is 18.6 Å². The van der Waals surface area contributed by atoms with Crippen LogP contribution in [0.5, 0.6) is 11.8 Å². The molecule has 274 valence electrons. The Labute approximate surface area is 304 Å². The Morgan fingerprint density at radius 2 is 1.85 bits per heavy atom. The maximum Gasteiger partial charge on any atom is 0.519 e. The number of piperazine rings is 1. The number of fused-ring (bicyclic) bond motifs is 4. The van der Waals surface area contributed by atoms with Gasteiger partial charge in [0, 0.05) is 43.0 Å². The smallest absolute Gasteiger partial charge is 0.508 e. The summed E-state index contributed by atoms with van der Waals surface area (Å²) in [5.41, 5.74) is 0.662. The molecule has 5 aromatic rings. The van der Waals surface area contributed by atoms with Crippen molar-refractivity contribution in [1.82, 2.24) is 24.8 Å². The van der Waals surface area contributed by atoms with Crippen LogP contribution >= 0.6 is 0 Å². The number of pyridine rings is 1. The third-order valence-corrected chi connectivity index (χ3v) is 11.8. The Hall–Kier alpha value is -5.06. The van der Waals surface area contributed by atoms with E-state index in [0.717, 1.165) is 51.6 Å². The van der Waals surface area contributed by atoms with Crippen LogP contribution in [-0.2, 0) is 19.4 Å². The van der Waals surface area contributed by atoms with Crippen molar-refractivity contribution in [2.45, 2.75) is 76.4 Å². The van der Waals surface area contributed by atoms with Gasteiger partial charge in [0.2, 0.25) is 0 Å². The van der Waals surface area contributed by atoms with Gasteiger partial charge in [-0.2, -0.15) is 9.97 Å². The van der Waals surface area contributed by atoms with Crippen LogP contribution in [-0.4, -0.2) is 80.8 Å². The number of terminal acetylenes is 1. The summed E-state index contributed by atoms with van der Waals surface area (Å²) in [5, 5.41) is 12.0. The van der Waals surface area contributed by atoms with Crippen molar-refractivity contribution in [2.24, 2.45) is 0 Å². The molecule has 2 aromatic carbocycles. The second kappa shape index (κ2) is 13.1. The van der Waals surface area contributed by atoms with Crippen molar-refractivity contribution in [3.05, 3.63) is 69.3 Å². The SMILES string of the molecule is C#Cc1c(F)ccc2cc(O)cc(-c3nc4c5c(nc(OCC67CCCN6CCC7)nc5c3F)N3CCN(Cc5oc(=O)oc5CC)CC3CCC4)c12. The number of nitrogens with zero attached hydrogens (tertiary/aromatic N) is 6. The number of ether oxygens (including phenoxy) is 1. The number of phenolic OH excluding ortho intramolecular Hbond substituents is 1. The second-order valence-corrected chi connectivity index (χ2v) is 14.8. The molecule has 0 radical (unpaired) electrons. The van der Waals surface area contributed by atoms with E-state index in [2.05, 4.69) is 20.6 Å². The molecular formula is C40H40F2N6O5. The zero-order valence-electron chi connectivity index (χ0n) is 29.6. The molecule has 0 aliphatic carbocycles. The van der Waals surface area contributed by atoms with Crippen LogP contribution in [0.2, 0.25) is 0 Å². The van der Waals surface area contributed by atoms with Crippen LogP contribution in [0, 0.1) is 24.0 Å². The van der Waals surface area contributed by atoms with Crippen molar-refractivity contribution in [1.29, 1.82) is 0 Å². The zero-order valence-corrected chi connectivity index (χ0v) is 29.6. The third kappa shape index (κ3) is 5.70. The molecule has 9 rings (SSSR count). The van der Waals surface area contributed by atoms with Crippen molar-refractivity contribution in [3.63, 3.8) is 0 Å². The molecule has 3 aromatic heterocycles. The number of aryl methyl sites for hydroxylation is 2. The highest BCUT2D eigenvalue weighted by atomic mass is 19.1. The molecule has 1 unspecified atom stereocenters. The number of rotatable bonds is 7. The van der Waals surface area contributed by atoms with E-state index in [4.69, 9.17) is 34.9 Å². The summed E-state index contributed by atoms with van der Waals surface area (Å²) in [7, 11) is 0. The Balaban J connectivity index is 1.18. The molecule has 4 aliphatic rings. The van der Waals surface area contributed by atoms with Gasteiger partial charge in [0.15, 0.2) is 17.3 Å². The quantitative estimate of drug-likeness (QED) is 0.201. The molecule has 0 saturated carbocycles. The van der Waals surface area contributed by atoms with Gasteiger partial charge in [-0.15, -0.1) is 6.42 Å². The van der Waals surface area contributed by atoms with Gasteiger partial charge in [-0.05, 0) is 81.6 Å². The van der Waals surface area contributed by atoms with Crippen molar-refractivity contribution in [2.75, 3.05) is 44.2 Å². The molecule has 53 heavy (non-hydrogen) atoms. The van der Waals surface area contributed by atoms with Gasteiger partial charge in [0.05, 0.1) is 28.7 Å². The second-order valence-electron chi connectivity index (χ2n) is 14.8. The number of hydrogen-bond acceptors (Lipinski definition) is 11. The largest absolute Gasteiger partial charge is 0.519 e. The van der Waals surface area contributed by atoms with Crippen LogP contribution in [0.25, 0.3) is 32.9 Å². The molecular weight excluding hydrogens is 682 g/mol. The van der Waals surface area contributed by atoms with Gasteiger partial charge >= 0.3 is 11.8 Å². The minimum absolute atomic E-state index is 0.0178. The summed E-state index contributed by atoms with van der Waals surface area (Å²) in [5.74, 6) is 1.92. The van der Waals surface area contributed by atoms with Gasteiger partial charge in [-0.3, -0.25) is 9.80 Å². The van der Waals surface area contributed by atoms with Crippen molar-refractivity contribution < 1.29 is 27.5 Å². The minimum atomic E-state index is -0.726. The first-order chi connectivity index (χ1) is 25.7. The van der Waals surface area contributed by atoms with Gasteiger partial charge in [0.25, 0.3) is 0 Å². The first-order valence-electron chi connectivity index (χ1n) is 18.6. The zero-order chi connectivity index (χ0) is 36.4. The summed E-state index contributed by atoms with van der Waals surface area (Å²) >= 11 is 0. The molecule has 1 atom stereocenters. The number of anilines is 1. The van der Waals surface area contributed by atoms with E-state index in [0.29, 0.717) is 79.4 Å². The summed E-state index contributed by atoms with van der Waals surface area (Å²) in [4.78, 5) is 33.6. The number of phenols is 1. The summed E-state index contributed by atoms with van der Waals surface area (Å²) in [6.07, 6.45) is 12.6. The average Bonchev–Trinajstić information content (AvgIpc) is 3.84. The maximum absolute atomic E-state index is 17.3. The summed E-state index contributed by atoms with van der Waals surface area (Å²) in [6, 6.07) is 5.71. The van der Waals surface area contributed by atoms with Crippen LogP contribution in [0.15, 0.2) is 37.9 Å². The number of aromatic nitrogens is 3. The first-order valence-corrected chi connectivity index (χ1v) is 18.6. The predicted molar refractivity (Wildman–Crippen MR) is 194 cm³/mol. The number of benzene rings is 2. The van der Waals surface area contributed by atoms with E-state index < -0.39 is 17.5 Å². The molecule has 7 heterocycles. The lowest BCUT2D eigenvalue weighted by Crippen LogP contribution is -2.53. The fourth-order valence-electron chi connectivity index (χ4n) is 9.27. The van der Waals surface area contributed by atoms with Crippen LogP contribution in [0.1, 0.15) is 68.2 Å². The Morgan fingerprint density at radius 1 is 1.04 bits per heavy atom. The topological polar surface area (TPSA) is 121 Å². The fraction of sp³-hybridized carbons (Fsp3) is 0.450. The molecule has 13 heteroatoms. The number of halogens is 2. The highest BCUT2D eigenvalue weighted by Crippen LogP contribution is 2.43. The monoisotopic (exact) mass is 722 g/mol. The van der Waals surface area contributed by atoms with E-state index in [9.17, 15) is 9.90 Å².